The van der Waals surface area contributed by atoms with E-state index in [1.165, 1.54) is 17.5 Å². The normalized spacial score (nSPS) is 12.5. The van der Waals surface area contributed by atoms with Crippen molar-refractivity contribution < 1.29 is 4.21 Å². The summed E-state index contributed by atoms with van der Waals surface area (Å²) >= 11 is 7.24. The topological polar surface area (TPSA) is 67.8 Å². The van der Waals surface area contributed by atoms with Gasteiger partial charge in [0.1, 0.15) is 11.0 Å². The van der Waals surface area contributed by atoms with Crippen LogP contribution < -0.4 is 5.32 Å². The van der Waals surface area contributed by atoms with Gasteiger partial charge in [-0.1, -0.05) is 17.7 Å². The molecule has 8 heteroatoms. The second-order valence-corrected chi connectivity index (χ2v) is 7.29. The molecule has 21 heavy (non-hydrogen) atoms. The van der Waals surface area contributed by atoms with E-state index in [-0.39, 0.29) is 0 Å². The molecule has 2 aromatic heterocycles. The second-order valence-electron chi connectivity index (χ2n) is 4.32. The zero-order valence-corrected chi connectivity index (χ0v) is 13.4. The van der Waals surface area contributed by atoms with Gasteiger partial charge in [-0.3, -0.25) is 9.19 Å². The van der Waals surface area contributed by atoms with Crippen LogP contribution in [0.3, 0.4) is 0 Å². The van der Waals surface area contributed by atoms with Crippen molar-refractivity contribution in [3.8, 4) is 0 Å². The van der Waals surface area contributed by atoms with Gasteiger partial charge >= 0.3 is 0 Å². The van der Waals surface area contributed by atoms with E-state index < -0.39 is 10.8 Å². The molecule has 0 radical (unpaired) electrons. The monoisotopic (exact) mass is 338 g/mol. The Morgan fingerprint density at radius 2 is 2.19 bits per heavy atom. The van der Waals surface area contributed by atoms with Crippen molar-refractivity contribution in [2.75, 3.05) is 11.6 Å². The van der Waals surface area contributed by atoms with Gasteiger partial charge in [0, 0.05) is 12.8 Å². The Morgan fingerprint density at radius 3 is 2.95 bits per heavy atom. The summed E-state index contributed by atoms with van der Waals surface area (Å²) in [5.41, 5.74) is 1.96. The zero-order chi connectivity index (χ0) is 14.8. The maximum atomic E-state index is 11.5. The Morgan fingerprint density at radius 1 is 1.33 bits per heavy atom. The van der Waals surface area contributed by atoms with Gasteiger partial charge in [0.05, 0.1) is 33.4 Å². The molecule has 0 aliphatic carbocycles. The highest BCUT2D eigenvalue weighted by Crippen LogP contribution is 2.25. The lowest BCUT2D eigenvalue weighted by Gasteiger charge is -2.05. The standard InChI is InChI=1S/C13H11ClN4OS2/c1-21(19)13-17-9-3-2-8(4-10(9)20-13)5-16-12-7-15-6-11(14)18-12/h2-4,6-7H,5H2,1H3,(H,16,18). The van der Waals surface area contributed by atoms with E-state index in [9.17, 15) is 4.21 Å². The minimum absolute atomic E-state index is 0.355. The van der Waals surface area contributed by atoms with E-state index in [4.69, 9.17) is 11.6 Å². The molecule has 0 spiro atoms. The molecule has 0 aliphatic heterocycles. The quantitative estimate of drug-likeness (QED) is 0.791. The number of hydrogen-bond donors (Lipinski definition) is 1. The van der Waals surface area contributed by atoms with Crippen molar-refractivity contribution in [3.05, 3.63) is 41.3 Å². The minimum atomic E-state index is -1.05. The van der Waals surface area contributed by atoms with E-state index in [0.717, 1.165) is 15.8 Å². The predicted octanol–water partition coefficient (Wildman–Crippen LogP) is 3.09. The SMILES string of the molecule is CS(=O)c1nc2ccc(CNc3cncc(Cl)n3)cc2s1. The van der Waals surface area contributed by atoms with Crippen LogP contribution in [0.15, 0.2) is 34.9 Å². The maximum absolute atomic E-state index is 11.5. The molecule has 108 valence electrons. The van der Waals surface area contributed by atoms with Gasteiger partial charge in [-0.15, -0.1) is 11.3 Å². The number of fused-ring (bicyclic) bond motifs is 1. The van der Waals surface area contributed by atoms with Crippen molar-refractivity contribution in [1.29, 1.82) is 0 Å². The summed E-state index contributed by atoms with van der Waals surface area (Å²) in [6, 6.07) is 5.95. The van der Waals surface area contributed by atoms with Crippen LogP contribution >= 0.6 is 22.9 Å². The Hall–Kier alpha value is -1.57. The summed E-state index contributed by atoms with van der Waals surface area (Å²) in [5.74, 6) is 0.627. The van der Waals surface area contributed by atoms with Crippen LogP contribution in [0.5, 0.6) is 0 Å². The molecule has 5 nitrogen and oxygen atoms in total. The third-order valence-corrected chi connectivity index (χ3v) is 5.29. The molecular weight excluding hydrogens is 328 g/mol. The molecule has 0 bridgehead atoms. The Bertz CT molecular complexity index is 821. The lowest BCUT2D eigenvalue weighted by molar-refractivity contribution is 0.686. The van der Waals surface area contributed by atoms with Crippen LogP contribution in [0.4, 0.5) is 5.82 Å². The Labute approximate surface area is 132 Å². The molecule has 3 rings (SSSR count). The summed E-state index contributed by atoms with van der Waals surface area (Å²) in [5, 5.41) is 3.52. The lowest BCUT2D eigenvalue weighted by Crippen LogP contribution is -2.01. The van der Waals surface area contributed by atoms with Gasteiger partial charge < -0.3 is 5.32 Å². The summed E-state index contributed by atoms with van der Waals surface area (Å²) in [6.07, 6.45) is 4.75. The molecule has 1 unspecified atom stereocenters. The smallest absolute Gasteiger partial charge is 0.181 e. The second kappa shape index (κ2) is 6.05. The van der Waals surface area contributed by atoms with Gasteiger partial charge in [-0.05, 0) is 17.7 Å². The summed E-state index contributed by atoms with van der Waals surface area (Å²) in [4.78, 5) is 12.4. The van der Waals surface area contributed by atoms with Crippen LogP contribution in [0, 0.1) is 0 Å². The summed E-state index contributed by atoms with van der Waals surface area (Å²) in [6.45, 7) is 0.605. The van der Waals surface area contributed by atoms with Gasteiger partial charge in [-0.2, -0.15) is 0 Å². The molecule has 1 atom stereocenters. The maximum Gasteiger partial charge on any atom is 0.181 e. The first-order chi connectivity index (χ1) is 10.1. The summed E-state index contributed by atoms with van der Waals surface area (Å²) < 4.78 is 13.1. The van der Waals surface area contributed by atoms with Gasteiger partial charge in [0.2, 0.25) is 0 Å². The molecule has 3 aromatic rings. The zero-order valence-electron chi connectivity index (χ0n) is 11.0. The van der Waals surface area contributed by atoms with Gasteiger partial charge in [-0.25, -0.2) is 9.97 Å². The fourth-order valence-corrected chi connectivity index (χ4v) is 3.67. The molecule has 1 N–H and O–H groups in total. The van der Waals surface area contributed by atoms with Crippen molar-refractivity contribution in [3.63, 3.8) is 0 Å². The van der Waals surface area contributed by atoms with Crippen molar-refractivity contribution in [2.24, 2.45) is 0 Å². The average molecular weight is 339 g/mol. The predicted molar refractivity (Wildman–Crippen MR) is 86.3 cm³/mol. The van der Waals surface area contributed by atoms with E-state index in [0.29, 0.717) is 21.9 Å². The van der Waals surface area contributed by atoms with Crippen LogP contribution in [0.25, 0.3) is 10.2 Å². The molecule has 0 amide bonds. The molecule has 0 saturated heterocycles. The van der Waals surface area contributed by atoms with E-state index in [2.05, 4.69) is 20.3 Å². The number of aromatic nitrogens is 3. The number of benzene rings is 1. The molecule has 0 fully saturated rings. The largest absolute Gasteiger partial charge is 0.365 e. The number of halogens is 1. The van der Waals surface area contributed by atoms with Crippen molar-refractivity contribution in [1.82, 2.24) is 15.0 Å². The first-order valence-corrected chi connectivity index (χ1v) is 8.81. The number of anilines is 1. The molecule has 0 aliphatic rings. The third kappa shape index (κ3) is 3.37. The van der Waals surface area contributed by atoms with Crippen LogP contribution in [0.2, 0.25) is 5.15 Å². The highest BCUT2D eigenvalue weighted by atomic mass is 35.5. The van der Waals surface area contributed by atoms with Gasteiger partial charge in [0.25, 0.3) is 0 Å². The van der Waals surface area contributed by atoms with Crippen LogP contribution in [-0.2, 0) is 17.3 Å². The van der Waals surface area contributed by atoms with E-state index >= 15 is 0 Å². The van der Waals surface area contributed by atoms with E-state index in [1.807, 2.05) is 18.2 Å². The lowest BCUT2D eigenvalue weighted by atomic mass is 10.2. The molecular formula is C13H11ClN4OS2. The highest BCUT2D eigenvalue weighted by molar-refractivity contribution is 7.86. The number of nitrogens with zero attached hydrogens (tertiary/aromatic N) is 3. The molecule has 0 saturated carbocycles. The average Bonchev–Trinajstić information content (AvgIpc) is 2.88. The number of nitrogens with one attached hydrogen (secondary N) is 1. The van der Waals surface area contributed by atoms with Crippen LogP contribution in [0.1, 0.15) is 5.56 Å². The first kappa shape index (κ1) is 14.4. The van der Waals surface area contributed by atoms with Crippen LogP contribution in [-0.4, -0.2) is 25.4 Å². The Balaban J connectivity index is 1.79. The fraction of sp³-hybridized carbons (Fsp3) is 0.154. The number of hydrogen-bond acceptors (Lipinski definition) is 6. The van der Waals surface area contributed by atoms with E-state index in [1.54, 1.807) is 12.5 Å². The first-order valence-electron chi connectivity index (χ1n) is 6.06. The van der Waals surface area contributed by atoms with Crippen molar-refractivity contribution >= 4 is 49.8 Å². The Kier molecular flexibility index (Phi) is 4.14. The number of thiazole rings is 1. The minimum Gasteiger partial charge on any atom is -0.365 e. The summed E-state index contributed by atoms with van der Waals surface area (Å²) in [7, 11) is -1.05. The highest BCUT2D eigenvalue weighted by Gasteiger charge is 2.07. The molecule has 2 heterocycles. The number of rotatable bonds is 4. The molecule has 1 aromatic carbocycles. The third-order valence-electron chi connectivity index (χ3n) is 2.76. The fourth-order valence-electron chi connectivity index (χ4n) is 1.80. The van der Waals surface area contributed by atoms with Crippen molar-refractivity contribution in [2.45, 2.75) is 10.9 Å². The van der Waals surface area contributed by atoms with Gasteiger partial charge in [0.15, 0.2) is 4.34 Å².